The maximum atomic E-state index is 10.6. The van der Waals surface area contributed by atoms with Crippen LogP contribution >= 0.6 is 0 Å². The summed E-state index contributed by atoms with van der Waals surface area (Å²) in [5, 5.41) is 10.6. The van der Waals surface area contributed by atoms with Crippen LogP contribution in [0.25, 0.3) is 0 Å². The Bertz CT molecular complexity index is 391. The predicted octanol–water partition coefficient (Wildman–Crippen LogP) is 2.81. The van der Waals surface area contributed by atoms with Crippen LogP contribution in [0.15, 0.2) is 18.2 Å². The summed E-state index contributed by atoms with van der Waals surface area (Å²) in [6.07, 6.45) is 0.925. The van der Waals surface area contributed by atoms with Crippen molar-refractivity contribution >= 4 is 5.69 Å². The highest BCUT2D eigenvalue weighted by atomic mass is 16.6. The SMILES string of the molecule is CC.CC1Cc2ccc([N+](=O)[O-])cc2C1N. The number of benzene rings is 1. The van der Waals surface area contributed by atoms with Crippen LogP contribution in [0.2, 0.25) is 0 Å². The number of nitro benzene ring substituents is 1. The third-order valence-electron chi connectivity index (χ3n) is 2.85. The molecule has 1 aliphatic rings. The summed E-state index contributed by atoms with van der Waals surface area (Å²) in [4.78, 5) is 10.2. The minimum absolute atomic E-state index is 0.0510. The molecule has 0 aliphatic heterocycles. The number of non-ortho nitro benzene ring substituents is 1. The molecule has 4 nitrogen and oxygen atoms in total. The fourth-order valence-corrected chi connectivity index (χ4v) is 1.97. The smallest absolute Gasteiger partial charge is 0.269 e. The zero-order chi connectivity index (χ0) is 12.3. The van der Waals surface area contributed by atoms with Gasteiger partial charge < -0.3 is 5.73 Å². The summed E-state index contributed by atoms with van der Waals surface area (Å²) < 4.78 is 0. The summed E-state index contributed by atoms with van der Waals surface area (Å²) in [5.41, 5.74) is 8.15. The molecule has 0 spiro atoms. The van der Waals surface area contributed by atoms with Gasteiger partial charge in [-0.1, -0.05) is 26.8 Å². The standard InChI is InChI=1S/C10H12N2O2.C2H6/c1-6-4-7-2-3-8(12(13)14)5-9(7)10(6)11;1-2/h2-3,5-6,10H,4,11H2,1H3;1-2H3. The van der Waals surface area contributed by atoms with Gasteiger partial charge in [0.05, 0.1) is 4.92 Å². The molecule has 1 aromatic rings. The van der Waals surface area contributed by atoms with Crippen molar-refractivity contribution in [2.75, 3.05) is 0 Å². The Morgan fingerprint density at radius 1 is 1.44 bits per heavy atom. The molecule has 0 aromatic heterocycles. The molecule has 4 heteroatoms. The molecule has 2 unspecified atom stereocenters. The number of hydrogen-bond acceptors (Lipinski definition) is 3. The molecule has 0 saturated heterocycles. The third kappa shape index (κ3) is 2.22. The molecule has 16 heavy (non-hydrogen) atoms. The highest BCUT2D eigenvalue weighted by Crippen LogP contribution is 2.35. The van der Waals surface area contributed by atoms with E-state index in [-0.39, 0.29) is 16.7 Å². The Morgan fingerprint density at radius 3 is 2.62 bits per heavy atom. The van der Waals surface area contributed by atoms with Crippen molar-refractivity contribution in [3.63, 3.8) is 0 Å². The number of nitro groups is 1. The quantitative estimate of drug-likeness (QED) is 0.586. The van der Waals surface area contributed by atoms with Gasteiger partial charge in [0.1, 0.15) is 0 Å². The van der Waals surface area contributed by atoms with Crippen LogP contribution in [-0.2, 0) is 6.42 Å². The second-order valence-electron chi connectivity index (χ2n) is 3.85. The summed E-state index contributed by atoms with van der Waals surface area (Å²) in [7, 11) is 0. The van der Waals surface area contributed by atoms with Crippen LogP contribution in [0, 0.1) is 16.0 Å². The van der Waals surface area contributed by atoms with Crippen LogP contribution in [0.5, 0.6) is 0 Å². The van der Waals surface area contributed by atoms with E-state index in [1.807, 2.05) is 19.9 Å². The van der Waals surface area contributed by atoms with Gasteiger partial charge in [-0.3, -0.25) is 10.1 Å². The fourth-order valence-electron chi connectivity index (χ4n) is 1.97. The molecule has 2 atom stereocenters. The van der Waals surface area contributed by atoms with E-state index in [2.05, 4.69) is 6.92 Å². The molecule has 0 amide bonds. The van der Waals surface area contributed by atoms with Gasteiger partial charge in [0.2, 0.25) is 0 Å². The average Bonchev–Trinajstić information content (AvgIpc) is 2.57. The van der Waals surface area contributed by atoms with E-state index in [1.54, 1.807) is 12.1 Å². The maximum Gasteiger partial charge on any atom is 0.269 e. The Kier molecular flexibility index (Phi) is 4.01. The first kappa shape index (κ1) is 12.6. The first-order valence-corrected chi connectivity index (χ1v) is 5.62. The summed E-state index contributed by atoms with van der Waals surface area (Å²) in [5.74, 6) is 0.381. The van der Waals surface area contributed by atoms with E-state index in [0.29, 0.717) is 5.92 Å². The highest BCUT2D eigenvalue weighted by Gasteiger charge is 2.27. The molecule has 0 bridgehead atoms. The van der Waals surface area contributed by atoms with Crippen molar-refractivity contribution in [2.24, 2.45) is 11.7 Å². The van der Waals surface area contributed by atoms with E-state index < -0.39 is 0 Å². The summed E-state index contributed by atoms with van der Waals surface area (Å²) in [6, 6.07) is 4.91. The first-order chi connectivity index (χ1) is 7.59. The zero-order valence-corrected chi connectivity index (χ0v) is 9.93. The number of hydrogen-bond donors (Lipinski definition) is 1. The van der Waals surface area contributed by atoms with Crippen molar-refractivity contribution in [1.29, 1.82) is 0 Å². The predicted molar refractivity (Wildman–Crippen MR) is 64.2 cm³/mol. The molecular formula is C12H18N2O2. The lowest BCUT2D eigenvalue weighted by molar-refractivity contribution is -0.384. The van der Waals surface area contributed by atoms with Gasteiger partial charge in [-0.05, 0) is 23.5 Å². The van der Waals surface area contributed by atoms with Gasteiger partial charge in [0.25, 0.3) is 5.69 Å². The normalized spacial score (nSPS) is 22.0. The zero-order valence-electron chi connectivity index (χ0n) is 9.93. The average molecular weight is 222 g/mol. The van der Waals surface area contributed by atoms with Crippen LogP contribution in [-0.4, -0.2) is 4.92 Å². The van der Waals surface area contributed by atoms with E-state index in [1.165, 1.54) is 0 Å². The Labute approximate surface area is 95.6 Å². The van der Waals surface area contributed by atoms with E-state index in [4.69, 9.17) is 5.73 Å². The number of nitrogens with two attached hydrogens (primary N) is 1. The van der Waals surface area contributed by atoms with E-state index in [9.17, 15) is 10.1 Å². The van der Waals surface area contributed by atoms with Crippen LogP contribution < -0.4 is 5.73 Å². The van der Waals surface area contributed by atoms with Gasteiger partial charge >= 0.3 is 0 Å². The van der Waals surface area contributed by atoms with Crippen molar-refractivity contribution < 1.29 is 4.92 Å². The second kappa shape index (κ2) is 5.07. The van der Waals surface area contributed by atoms with Crippen molar-refractivity contribution in [3.8, 4) is 0 Å². The summed E-state index contributed by atoms with van der Waals surface area (Å²) >= 11 is 0. The van der Waals surface area contributed by atoms with Crippen LogP contribution in [0.3, 0.4) is 0 Å². The Morgan fingerprint density at radius 2 is 2.06 bits per heavy atom. The number of nitrogens with zero attached hydrogens (tertiary/aromatic N) is 1. The van der Waals surface area contributed by atoms with Crippen molar-refractivity contribution in [2.45, 2.75) is 33.2 Å². The van der Waals surface area contributed by atoms with Crippen molar-refractivity contribution in [1.82, 2.24) is 0 Å². The maximum absolute atomic E-state index is 10.6. The highest BCUT2D eigenvalue weighted by molar-refractivity contribution is 5.44. The fraction of sp³-hybridized carbons (Fsp3) is 0.500. The van der Waals surface area contributed by atoms with Gasteiger partial charge in [-0.25, -0.2) is 0 Å². The molecule has 88 valence electrons. The van der Waals surface area contributed by atoms with Gasteiger partial charge in [-0.15, -0.1) is 0 Å². The van der Waals surface area contributed by atoms with Crippen LogP contribution in [0.4, 0.5) is 5.69 Å². The second-order valence-corrected chi connectivity index (χ2v) is 3.85. The molecule has 0 heterocycles. The van der Waals surface area contributed by atoms with Crippen LogP contribution in [0.1, 0.15) is 37.9 Å². The minimum atomic E-state index is -0.379. The third-order valence-corrected chi connectivity index (χ3v) is 2.85. The van der Waals surface area contributed by atoms with Gasteiger partial charge in [0, 0.05) is 18.2 Å². The molecule has 1 aromatic carbocycles. The number of rotatable bonds is 1. The van der Waals surface area contributed by atoms with Gasteiger partial charge in [-0.2, -0.15) is 0 Å². The Balaban J connectivity index is 0.000000606. The lowest BCUT2D eigenvalue weighted by atomic mass is 10.0. The lowest BCUT2D eigenvalue weighted by Gasteiger charge is -2.08. The molecular weight excluding hydrogens is 204 g/mol. The molecule has 0 radical (unpaired) electrons. The monoisotopic (exact) mass is 222 g/mol. The molecule has 0 fully saturated rings. The molecule has 0 saturated carbocycles. The van der Waals surface area contributed by atoms with E-state index >= 15 is 0 Å². The first-order valence-electron chi connectivity index (χ1n) is 5.62. The number of fused-ring (bicyclic) bond motifs is 1. The lowest BCUT2D eigenvalue weighted by Crippen LogP contribution is -2.13. The molecule has 1 aliphatic carbocycles. The minimum Gasteiger partial charge on any atom is -0.324 e. The molecule has 2 N–H and O–H groups in total. The van der Waals surface area contributed by atoms with Gasteiger partial charge in [0.15, 0.2) is 0 Å². The van der Waals surface area contributed by atoms with E-state index in [0.717, 1.165) is 17.5 Å². The largest absolute Gasteiger partial charge is 0.324 e. The van der Waals surface area contributed by atoms with Crippen molar-refractivity contribution in [3.05, 3.63) is 39.4 Å². The topological polar surface area (TPSA) is 69.2 Å². The Hall–Kier alpha value is -1.42. The molecule has 2 rings (SSSR count). The summed E-state index contributed by atoms with van der Waals surface area (Å²) in [6.45, 7) is 6.07.